The summed E-state index contributed by atoms with van der Waals surface area (Å²) in [5.41, 5.74) is 1.88. The molecule has 0 amide bonds. The van der Waals surface area contributed by atoms with Crippen LogP contribution in [0.25, 0.3) is 0 Å². The van der Waals surface area contributed by atoms with Gasteiger partial charge in [-0.05, 0) is 11.6 Å². The molecule has 0 saturated carbocycles. The fraction of sp³-hybridized carbons (Fsp3) is 0.0909. The van der Waals surface area contributed by atoms with Crippen LogP contribution in [0.15, 0.2) is 41.9 Å². The van der Waals surface area contributed by atoms with Crippen molar-refractivity contribution in [3.05, 3.63) is 58.2 Å². The van der Waals surface area contributed by atoms with Gasteiger partial charge in [-0.2, -0.15) is 0 Å². The lowest BCUT2D eigenvalue weighted by molar-refractivity contribution is -0.384. The number of nitro groups is 1. The molecule has 0 spiro atoms. The number of hydrogen-bond donors (Lipinski definition) is 0. The Bertz CT molecular complexity index is 616. The lowest BCUT2D eigenvalue weighted by Gasteiger charge is -2.03. The zero-order chi connectivity index (χ0) is 11.8. The third-order valence-corrected chi connectivity index (χ3v) is 2.69. The number of nitro benzene ring substituents is 1. The number of nitrogens with zero attached hydrogens (tertiary/aromatic N) is 4. The number of benzene rings is 1. The van der Waals surface area contributed by atoms with Crippen molar-refractivity contribution in [3.8, 4) is 0 Å². The second-order valence-electron chi connectivity index (χ2n) is 3.71. The van der Waals surface area contributed by atoms with Crippen LogP contribution < -0.4 is 0 Å². The van der Waals surface area contributed by atoms with Crippen molar-refractivity contribution in [2.45, 2.75) is 6.54 Å². The molecule has 6 heteroatoms. The summed E-state index contributed by atoms with van der Waals surface area (Å²) < 4.78 is 1.76. The van der Waals surface area contributed by atoms with Crippen molar-refractivity contribution >= 4 is 11.5 Å². The third kappa shape index (κ3) is 1.50. The van der Waals surface area contributed by atoms with Crippen molar-refractivity contribution in [3.63, 3.8) is 0 Å². The molecule has 0 N–H and O–H groups in total. The summed E-state index contributed by atoms with van der Waals surface area (Å²) in [7, 11) is 0. The molecule has 17 heavy (non-hydrogen) atoms. The first-order valence-corrected chi connectivity index (χ1v) is 5.06. The van der Waals surface area contributed by atoms with Gasteiger partial charge >= 0.3 is 0 Å². The first-order chi connectivity index (χ1) is 8.25. The van der Waals surface area contributed by atoms with Crippen molar-refractivity contribution in [2.24, 2.45) is 4.99 Å². The maximum Gasteiger partial charge on any atom is 0.270 e. The summed E-state index contributed by atoms with van der Waals surface area (Å²) in [6, 6.07) is 4.81. The highest BCUT2D eigenvalue weighted by Crippen LogP contribution is 2.24. The smallest absolute Gasteiger partial charge is 0.270 e. The highest BCUT2D eigenvalue weighted by Gasteiger charge is 2.20. The number of aromatic nitrogens is 2. The molecule has 0 radical (unpaired) electrons. The zero-order valence-corrected chi connectivity index (χ0v) is 8.78. The Hall–Kier alpha value is -2.50. The van der Waals surface area contributed by atoms with Gasteiger partial charge in [-0.25, -0.2) is 4.98 Å². The number of non-ortho nitro benzene ring substituents is 1. The molecule has 1 aliphatic rings. The van der Waals surface area contributed by atoms with E-state index in [2.05, 4.69) is 9.98 Å². The van der Waals surface area contributed by atoms with E-state index in [0.29, 0.717) is 12.4 Å². The molecule has 0 fully saturated rings. The van der Waals surface area contributed by atoms with Gasteiger partial charge in [0.2, 0.25) is 0 Å². The van der Waals surface area contributed by atoms with E-state index in [4.69, 9.17) is 0 Å². The van der Waals surface area contributed by atoms with Gasteiger partial charge in [0.25, 0.3) is 5.69 Å². The fourth-order valence-electron chi connectivity index (χ4n) is 1.87. The van der Waals surface area contributed by atoms with E-state index in [0.717, 1.165) is 11.1 Å². The molecule has 6 nitrogen and oxygen atoms in total. The van der Waals surface area contributed by atoms with Crippen LogP contribution in [0.2, 0.25) is 0 Å². The van der Waals surface area contributed by atoms with Gasteiger partial charge in [0.15, 0.2) is 0 Å². The van der Waals surface area contributed by atoms with Gasteiger partial charge in [0, 0.05) is 30.1 Å². The Morgan fingerprint density at radius 1 is 1.41 bits per heavy atom. The second-order valence-corrected chi connectivity index (χ2v) is 3.71. The van der Waals surface area contributed by atoms with Gasteiger partial charge < -0.3 is 0 Å². The zero-order valence-electron chi connectivity index (χ0n) is 8.78. The summed E-state index contributed by atoms with van der Waals surface area (Å²) in [6.07, 6.45) is 5.05. The van der Waals surface area contributed by atoms with E-state index in [-0.39, 0.29) is 5.69 Å². The van der Waals surface area contributed by atoms with Crippen LogP contribution >= 0.6 is 0 Å². The van der Waals surface area contributed by atoms with E-state index < -0.39 is 4.92 Å². The molecule has 1 aromatic carbocycles. The molecule has 3 rings (SSSR count). The average Bonchev–Trinajstić information content (AvgIpc) is 2.96. The number of rotatable bonds is 1. The number of hydrogen-bond acceptors (Lipinski definition) is 4. The van der Waals surface area contributed by atoms with Gasteiger partial charge in [-0.15, -0.1) is 0 Å². The van der Waals surface area contributed by atoms with Crippen molar-refractivity contribution < 1.29 is 4.92 Å². The van der Waals surface area contributed by atoms with Gasteiger partial charge in [-0.3, -0.25) is 19.7 Å². The monoisotopic (exact) mass is 228 g/mol. The quantitative estimate of drug-likeness (QED) is 0.549. The molecule has 0 aliphatic carbocycles. The van der Waals surface area contributed by atoms with Crippen LogP contribution in [0.3, 0.4) is 0 Å². The van der Waals surface area contributed by atoms with Crippen LogP contribution in [-0.4, -0.2) is 20.3 Å². The topological polar surface area (TPSA) is 73.3 Å². The minimum atomic E-state index is -0.399. The predicted octanol–water partition coefficient (Wildman–Crippen LogP) is 1.60. The summed E-state index contributed by atoms with van der Waals surface area (Å²) in [6.45, 7) is 0.556. The van der Waals surface area contributed by atoms with E-state index in [9.17, 15) is 10.1 Å². The minimum absolute atomic E-state index is 0.0819. The molecule has 0 bridgehead atoms. The highest BCUT2D eigenvalue weighted by atomic mass is 16.6. The minimum Gasteiger partial charge on any atom is -0.290 e. The SMILES string of the molecule is O=[N+]([O-])c1ccc2c(c1)C(n1ccnc1)=NC2. The second kappa shape index (κ2) is 3.51. The first-order valence-electron chi connectivity index (χ1n) is 5.06. The number of aliphatic imine (C=N–C) groups is 1. The number of fused-ring (bicyclic) bond motifs is 1. The molecular weight excluding hydrogens is 220 g/mol. The largest absolute Gasteiger partial charge is 0.290 e. The molecule has 84 valence electrons. The summed E-state index contributed by atoms with van der Waals surface area (Å²) in [5, 5.41) is 10.7. The fourth-order valence-corrected chi connectivity index (χ4v) is 1.87. The van der Waals surface area contributed by atoms with Crippen molar-refractivity contribution in [2.75, 3.05) is 0 Å². The average molecular weight is 228 g/mol. The maximum atomic E-state index is 10.7. The van der Waals surface area contributed by atoms with E-state index in [1.807, 2.05) is 0 Å². The van der Waals surface area contributed by atoms with Crippen molar-refractivity contribution in [1.29, 1.82) is 0 Å². The predicted molar refractivity (Wildman–Crippen MR) is 61.0 cm³/mol. The first kappa shape index (κ1) is 9.71. The van der Waals surface area contributed by atoms with Crippen LogP contribution in [0.4, 0.5) is 5.69 Å². The van der Waals surface area contributed by atoms with Crippen LogP contribution in [0.5, 0.6) is 0 Å². The Balaban J connectivity index is 2.11. The van der Waals surface area contributed by atoms with E-state index in [1.165, 1.54) is 6.07 Å². The normalized spacial score (nSPS) is 13.3. The Kier molecular flexibility index (Phi) is 2.01. The summed E-state index contributed by atoms with van der Waals surface area (Å²) in [4.78, 5) is 18.7. The van der Waals surface area contributed by atoms with Crippen LogP contribution in [-0.2, 0) is 6.54 Å². The lowest BCUT2D eigenvalue weighted by atomic mass is 10.1. The standard InChI is InChI=1S/C11H8N4O2/c16-15(17)9-2-1-8-6-13-11(10(8)5-9)14-4-3-12-7-14/h1-5,7H,6H2. The van der Waals surface area contributed by atoms with E-state index in [1.54, 1.807) is 35.4 Å². The molecule has 0 saturated heterocycles. The molecule has 0 unspecified atom stereocenters. The van der Waals surface area contributed by atoms with Gasteiger partial charge in [0.05, 0.1) is 11.5 Å². The molecule has 1 aliphatic heterocycles. The summed E-state index contributed by atoms with van der Waals surface area (Å²) in [5.74, 6) is 0.709. The van der Waals surface area contributed by atoms with E-state index >= 15 is 0 Å². The van der Waals surface area contributed by atoms with Gasteiger partial charge in [-0.1, -0.05) is 0 Å². The maximum absolute atomic E-state index is 10.7. The van der Waals surface area contributed by atoms with Gasteiger partial charge in [0.1, 0.15) is 12.2 Å². The van der Waals surface area contributed by atoms with Crippen LogP contribution in [0, 0.1) is 10.1 Å². The molecule has 0 atom stereocenters. The van der Waals surface area contributed by atoms with Crippen LogP contribution in [0.1, 0.15) is 11.1 Å². The lowest BCUT2D eigenvalue weighted by Crippen LogP contribution is -2.09. The Morgan fingerprint density at radius 2 is 2.29 bits per heavy atom. The Labute approximate surface area is 96.4 Å². The molecule has 1 aromatic heterocycles. The summed E-state index contributed by atoms with van der Waals surface area (Å²) >= 11 is 0. The van der Waals surface area contributed by atoms with Crippen molar-refractivity contribution in [1.82, 2.24) is 9.55 Å². The Morgan fingerprint density at radius 3 is 3.00 bits per heavy atom. The highest BCUT2D eigenvalue weighted by molar-refractivity contribution is 6.03. The number of imidazole rings is 1. The molecule has 2 heterocycles. The molecule has 2 aromatic rings. The molecular formula is C11H8N4O2. The third-order valence-electron chi connectivity index (χ3n) is 2.69.